The number of fused-ring (bicyclic) bond motifs is 1. The second kappa shape index (κ2) is 6.43. The molecule has 0 spiro atoms. The molecular weight excluding hydrogens is 376 g/mol. The van der Waals surface area contributed by atoms with Crippen LogP contribution >= 0.6 is 27.3 Å². The summed E-state index contributed by atoms with van der Waals surface area (Å²) in [5, 5.41) is 5.47. The molecule has 23 heavy (non-hydrogen) atoms. The Bertz CT molecular complexity index is 815. The number of hydrogen-bond acceptors (Lipinski definition) is 6. The number of benzene rings is 1. The maximum Gasteiger partial charge on any atom is 0.228 e. The van der Waals surface area contributed by atoms with Crippen molar-refractivity contribution in [2.24, 2.45) is 0 Å². The molecule has 3 heterocycles. The Balaban J connectivity index is 1.71. The van der Waals surface area contributed by atoms with Gasteiger partial charge in [-0.1, -0.05) is 15.9 Å². The van der Waals surface area contributed by atoms with Gasteiger partial charge in [-0.3, -0.25) is 0 Å². The predicted octanol–water partition coefficient (Wildman–Crippen LogP) is 4.03. The molecule has 2 aromatic heterocycles. The van der Waals surface area contributed by atoms with Crippen molar-refractivity contribution in [2.45, 2.75) is 0 Å². The average Bonchev–Trinajstić information content (AvgIpc) is 3.06. The van der Waals surface area contributed by atoms with Crippen LogP contribution in [-0.2, 0) is 4.74 Å². The van der Waals surface area contributed by atoms with Crippen molar-refractivity contribution in [3.63, 3.8) is 0 Å². The third-order valence-electron chi connectivity index (χ3n) is 3.69. The van der Waals surface area contributed by atoms with Crippen LogP contribution in [0.4, 0.5) is 17.5 Å². The van der Waals surface area contributed by atoms with Crippen LogP contribution < -0.4 is 10.2 Å². The minimum absolute atomic E-state index is 0.723. The number of aromatic nitrogens is 2. The number of ether oxygens (including phenoxy) is 1. The van der Waals surface area contributed by atoms with E-state index in [1.54, 1.807) is 11.3 Å². The van der Waals surface area contributed by atoms with Crippen molar-refractivity contribution in [2.75, 3.05) is 36.5 Å². The quantitative estimate of drug-likeness (QED) is 0.731. The molecule has 5 nitrogen and oxygen atoms in total. The van der Waals surface area contributed by atoms with Crippen molar-refractivity contribution in [3.8, 4) is 0 Å². The number of halogens is 1. The van der Waals surface area contributed by atoms with E-state index in [0.29, 0.717) is 0 Å². The fourth-order valence-corrected chi connectivity index (χ4v) is 3.55. The number of morpholine rings is 1. The van der Waals surface area contributed by atoms with Gasteiger partial charge in [-0.25, -0.2) is 4.98 Å². The van der Waals surface area contributed by atoms with Crippen LogP contribution in [0.25, 0.3) is 10.2 Å². The summed E-state index contributed by atoms with van der Waals surface area (Å²) < 4.78 is 7.55. The first-order valence-electron chi connectivity index (χ1n) is 7.40. The molecule has 0 saturated carbocycles. The normalized spacial score (nSPS) is 15.1. The Hall–Kier alpha value is -1.70. The van der Waals surface area contributed by atoms with Crippen LogP contribution in [0.2, 0.25) is 0 Å². The topological polar surface area (TPSA) is 50.3 Å². The molecule has 7 heteroatoms. The zero-order valence-electron chi connectivity index (χ0n) is 12.3. The molecule has 4 rings (SSSR count). The summed E-state index contributed by atoms with van der Waals surface area (Å²) in [6, 6.07) is 10.1. The van der Waals surface area contributed by atoms with Crippen LogP contribution in [0.15, 0.2) is 40.2 Å². The van der Waals surface area contributed by atoms with Gasteiger partial charge < -0.3 is 15.0 Å². The van der Waals surface area contributed by atoms with Crippen molar-refractivity contribution in [1.29, 1.82) is 0 Å². The van der Waals surface area contributed by atoms with E-state index in [2.05, 4.69) is 31.5 Å². The second-order valence-corrected chi connectivity index (χ2v) is 7.07. The molecule has 0 radical (unpaired) electrons. The lowest BCUT2D eigenvalue weighted by molar-refractivity contribution is 0.122. The highest BCUT2D eigenvalue weighted by atomic mass is 79.9. The molecule has 0 atom stereocenters. The highest BCUT2D eigenvalue weighted by Gasteiger charge is 2.17. The van der Waals surface area contributed by atoms with E-state index in [4.69, 9.17) is 14.7 Å². The van der Waals surface area contributed by atoms with E-state index in [0.717, 1.165) is 58.4 Å². The van der Waals surface area contributed by atoms with E-state index >= 15 is 0 Å². The molecule has 1 N–H and O–H groups in total. The third kappa shape index (κ3) is 3.17. The Morgan fingerprint density at radius 1 is 1.09 bits per heavy atom. The van der Waals surface area contributed by atoms with Crippen molar-refractivity contribution in [3.05, 3.63) is 40.2 Å². The zero-order chi connectivity index (χ0) is 15.6. The summed E-state index contributed by atoms with van der Waals surface area (Å²) in [5.41, 5.74) is 1.99. The summed E-state index contributed by atoms with van der Waals surface area (Å²) in [7, 11) is 0. The van der Waals surface area contributed by atoms with Gasteiger partial charge in [-0.15, -0.1) is 11.3 Å². The Morgan fingerprint density at radius 2 is 1.87 bits per heavy atom. The number of nitrogens with one attached hydrogen (secondary N) is 1. The molecule has 1 aliphatic heterocycles. The summed E-state index contributed by atoms with van der Waals surface area (Å²) in [4.78, 5) is 11.6. The molecule has 1 aliphatic rings. The van der Waals surface area contributed by atoms with E-state index in [-0.39, 0.29) is 0 Å². The van der Waals surface area contributed by atoms with E-state index < -0.39 is 0 Å². The van der Waals surface area contributed by atoms with Crippen LogP contribution in [-0.4, -0.2) is 36.3 Å². The summed E-state index contributed by atoms with van der Waals surface area (Å²) in [6.07, 6.45) is 0. The molecule has 118 valence electrons. The minimum Gasteiger partial charge on any atom is -0.378 e. The molecular formula is C16H15BrN4OS. The first kappa shape index (κ1) is 14.9. The molecule has 0 amide bonds. The van der Waals surface area contributed by atoms with Gasteiger partial charge >= 0.3 is 0 Å². The standard InChI is InChI=1S/C16H15BrN4OS/c17-11-1-3-12(4-2-11)18-15-14-13(5-10-23-14)19-16(20-15)21-6-8-22-9-7-21/h1-5,10H,6-9H2,(H,18,19,20). The highest BCUT2D eigenvalue weighted by molar-refractivity contribution is 9.10. The zero-order valence-corrected chi connectivity index (χ0v) is 14.7. The van der Waals surface area contributed by atoms with Gasteiger partial charge in [-0.05, 0) is 35.7 Å². The molecule has 1 aromatic carbocycles. The van der Waals surface area contributed by atoms with Crippen molar-refractivity contribution < 1.29 is 4.74 Å². The molecule has 1 saturated heterocycles. The lowest BCUT2D eigenvalue weighted by atomic mass is 10.3. The number of nitrogens with zero attached hydrogens (tertiary/aromatic N) is 3. The van der Waals surface area contributed by atoms with Crippen LogP contribution in [0.5, 0.6) is 0 Å². The lowest BCUT2D eigenvalue weighted by Gasteiger charge is -2.27. The largest absolute Gasteiger partial charge is 0.378 e. The van der Waals surface area contributed by atoms with Gasteiger partial charge in [0.1, 0.15) is 0 Å². The fraction of sp³-hybridized carbons (Fsp3) is 0.250. The highest BCUT2D eigenvalue weighted by Crippen LogP contribution is 2.31. The molecule has 0 aliphatic carbocycles. The summed E-state index contributed by atoms with van der Waals surface area (Å²) >= 11 is 5.11. The summed E-state index contributed by atoms with van der Waals surface area (Å²) in [6.45, 7) is 3.10. The third-order valence-corrected chi connectivity index (χ3v) is 5.13. The van der Waals surface area contributed by atoms with Gasteiger partial charge in [0.15, 0.2) is 5.82 Å². The van der Waals surface area contributed by atoms with E-state index in [1.807, 2.05) is 30.3 Å². The maximum absolute atomic E-state index is 5.42. The van der Waals surface area contributed by atoms with Gasteiger partial charge in [0.05, 0.1) is 23.4 Å². The Kier molecular flexibility index (Phi) is 4.15. The maximum atomic E-state index is 5.42. The van der Waals surface area contributed by atoms with Gasteiger partial charge in [0.25, 0.3) is 0 Å². The first-order chi connectivity index (χ1) is 11.3. The second-order valence-electron chi connectivity index (χ2n) is 5.24. The monoisotopic (exact) mass is 390 g/mol. The molecule has 3 aromatic rings. The first-order valence-corrected chi connectivity index (χ1v) is 9.07. The fourth-order valence-electron chi connectivity index (χ4n) is 2.51. The van der Waals surface area contributed by atoms with Crippen LogP contribution in [0, 0.1) is 0 Å². The van der Waals surface area contributed by atoms with E-state index in [1.165, 1.54) is 0 Å². The van der Waals surface area contributed by atoms with Gasteiger partial charge in [0.2, 0.25) is 5.95 Å². The average molecular weight is 391 g/mol. The number of hydrogen-bond donors (Lipinski definition) is 1. The number of rotatable bonds is 3. The lowest BCUT2D eigenvalue weighted by Crippen LogP contribution is -2.37. The number of thiophene rings is 1. The van der Waals surface area contributed by atoms with Crippen LogP contribution in [0.1, 0.15) is 0 Å². The Labute approximate surface area is 146 Å². The minimum atomic E-state index is 0.723. The Morgan fingerprint density at radius 3 is 2.65 bits per heavy atom. The SMILES string of the molecule is Brc1ccc(Nc2nc(N3CCOCC3)nc3ccsc23)cc1. The molecule has 0 unspecified atom stereocenters. The van der Waals surface area contributed by atoms with Gasteiger partial charge in [0, 0.05) is 23.2 Å². The van der Waals surface area contributed by atoms with Crippen molar-refractivity contribution in [1.82, 2.24) is 9.97 Å². The van der Waals surface area contributed by atoms with Gasteiger partial charge in [-0.2, -0.15) is 4.98 Å². The van der Waals surface area contributed by atoms with E-state index in [9.17, 15) is 0 Å². The predicted molar refractivity (Wildman–Crippen MR) is 97.9 cm³/mol. The smallest absolute Gasteiger partial charge is 0.228 e. The number of anilines is 3. The van der Waals surface area contributed by atoms with Crippen LogP contribution in [0.3, 0.4) is 0 Å². The molecule has 1 fully saturated rings. The van der Waals surface area contributed by atoms with Crippen molar-refractivity contribution >= 4 is 54.9 Å². The summed E-state index contributed by atoms with van der Waals surface area (Å²) in [5.74, 6) is 1.62. The molecule has 0 bridgehead atoms.